The van der Waals surface area contributed by atoms with Crippen LogP contribution in [0.3, 0.4) is 0 Å². The van der Waals surface area contributed by atoms with E-state index < -0.39 is 0 Å². The van der Waals surface area contributed by atoms with Crippen molar-refractivity contribution in [2.75, 3.05) is 32.7 Å². The maximum Gasteiger partial charge on any atom is 0.256 e. The molecule has 0 aliphatic carbocycles. The van der Waals surface area contributed by atoms with Gasteiger partial charge < -0.3 is 19.5 Å². The summed E-state index contributed by atoms with van der Waals surface area (Å²) in [5.41, 5.74) is 2.17. The number of H-pyrrole nitrogens is 1. The van der Waals surface area contributed by atoms with E-state index in [1.165, 1.54) is 0 Å². The number of nitrogens with zero attached hydrogens (tertiary/aromatic N) is 1. The summed E-state index contributed by atoms with van der Waals surface area (Å²) in [5, 5.41) is 3.16. The van der Waals surface area contributed by atoms with Gasteiger partial charge in [-0.3, -0.25) is 9.78 Å². The first-order valence-corrected chi connectivity index (χ1v) is 8.77. The number of aromatic nitrogens is 2. The van der Waals surface area contributed by atoms with E-state index in [9.17, 15) is 4.79 Å². The lowest BCUT2D eigenvalue weighted by molar-refractivity contribution is 0.120. The second kappa shape index (κ2) is 8.23. The highest BCUT2D eigenvalue weighted by atomic mass is 16.5. The Labute approximate surface area is 152 Å². The van der Waals surface area contributed by atoms with E-state index in [2.05, 4.69) is 15.3 Å². The number of anilines is 1. The number of hydrogen-bond acceptors (Lipinski definition) is 6. The number of ether oxygens (including phenoxy) is 3. The van der Waals surface area contributed by atoms with E-state index in [-0.39, 0.29) is 11.7 Å². The monoisotopic (exact) mass is 359 g/mol. The van der Waals surface area contributed by atoms with Gasteiger partial charge in [0, 0.05) is 25.1 Å². The number of methoxy groups -OCH3 is 2. The minimum Gasteiger partial charge on any atom is -0.493 e. The molecule has 2 aromatic rings. The van der Waals surface area contributed by atoms with Crippen LogP contribution < -0.4 is 20.3 Å². The summed E-state index contributed by atoms with van der Waals surface area (Å²) in [4.78, 5) is 19.8. The maximum atomic E-state index is 12.5. The van der Waals surface area contributed by atoms with Crippen molar-refractivity contribution in [2.24, 2.45) is 0 Å². The summed E-state index contributed by atoms with van der Waals surface area (Å²) < 4.78 is 16.2. The highest BCUT2D eigenvalue weighted by molar-refractivity contribution is 5.44. The van der Waals surface area contributed by atoms with Crippen LogP contribution in [0.15, 0.2) is 23.0 Å². The fourth-order valence-corrected chi connectivity index (χ4v) is 3.11. The van der Waals surface area contributed by atoms with Gasteiger partial charge in [-0.15, -0.1) is 0 Å². The first-order chi connectivity index (χ1) is 12.6. The summed E-state index contributed by atoms with van der Waals surface area (Å²) in [6.45, 7) is 3.31. The van der Waals surface area contributed by atoms with Crippen molar-refractivity contribution in [3.05, 3.63) is 45.4 Å². The molecule has 1 aromatic heterocycles. The number of hydrogen-bond donors (Lipinski definition) is 2. The van der Waals surface area contributed by atoms with E-state index in [0.29, 0.717) is 41.7 Å². The Hall–Kier alpha value is -2.54. The predicted molar refractivity (Wildman–Crippen MR) is 99.4 cm³/mol. The van der Waals surface area contributed by atoms with Crippen molar-refractivity contribution in [3.8, 4) is 11.5 Å². The van der Waals surface area contributed by atoms with Crippen molar-refractivity contribution in [1.82, 2.24) is 9.97 Å². The second-order valence-corrected chi connectivity index (χ2v) is 6.36. The Morgan fingerprint density at radius 3 is 2.77 bits per heavy atom. The van der Waals surface area contributed by atoms with Crippen molar-refractivity contribution in [3.63, 3.8) is 0 Å². The van der Waals surface area contributed by atoms with Crippen LogP contribution in [0.5, 0.6) is 11.5 Å². The zero-order chi connectivity index (χ0) is 18.5. The first kappa shape index (κ1) is 18.3. The Balaban J connectivity index is 1.75. The van der Waals surface area contributed by atoms with Crippen LogP contribution in [0.25, 0.3) is 0 Å². The summed E-state index contributed by atoms with van der Waals surface area (Å²) in [6.07, 6.45) is 2.78. The molecule has 0 spiro atoms. The first-order valence-electron chi connectivity index (χ1n) is 8.77. The van der Waals surface area contributed by atoms with Gasteiger partial charge in [-0.2, -0.15) is 0 Å². The Kier molecular flexibility index (Phi) is 5.78. The topological polar surface area (TPSA) is 85.5 Å². The molecule has 1 atom stereocenters. The van der Waals surface area contributed by atoms with E-state index in [0.717, 1.165) is 25.0 Å². The molecule has 0 saturated carbocycles. The molecule has 7 heteroatoms. The van der Waals surface area contributed by atoms with Gasteiger partial charge in [0.05, 0.1) is 26.0 Å². The zero-order valence-electron chi connectivity index (χ0n) is 15.4. The maximum absolute atomic E-state index is 12.5. The lowest BCUT2D eigenvalue weighted by Crippen LogP contribution is -2.24. The van der Waals surface area contributed by atoms with Crippen LogP contribution in [-0.4, -0.2) is 43.4 Å². The third kappa shape index (κ3) is 4.16. The van der Waals surface area contributed by atoms with Gasteiger partial charge in [0.2, 0.25) is 5.95 Å². The summed E-state index contributed by atoms with van der Waals surface area (Å²) in [7, 11) is 3.19. The molecular weight excluding hydrogens is 334 g/mol. The molecule has 3 rings (SSSR count). The minimum absolute atomic E-state index is 0.137. The summed E-state index contributed by atoms with van der Waals surface area (Å²) in [5.74, 6) is 1.79. The number of aromatic amines is 1. The number of nitrogens with one attached hydrogen (secondary N) is 2. The molecule has 7 nitrogen and oxygen atoms in total. The molecule has 1 aliphatic rings. The molecular formula is C19H25N3O4. The standard InChI is InChI=1S/C19H25N3O4/c1-12-15(9-13-6-7-16(24-2)17(10-13)25-3)18(23)22-19(21-12)20-11-14-5-4-8-26-14/h6-7,10,14H,4-5,8-9,11H2,1-3H3,(H2,20,21,22,23). The molecule has 26 heavy (non-hydrogen) atoms. The van der Waals surface area contributed by atoms with Crippen LogP contribution in [0.4, 0.5) is 5.95 Å². The molecule has 1 unspecified atom stereocenters. The Morgan fingerprint density at radius 1 is 1.31 bits per heavy atom. The van der Waals surface area contributed by atoms with Gasteiger partial charge in [-0.1, -0.05) is 6.07 Å². The van der Waals surface area contributed by atoms with Crippen molar-refractivity contribution < 1.29 is 14.2 Å². The number of benzene rings is 1. The fraction of sp³-hybridized carbons (Fsp3) is 0.474. The second-order valence-electron chi connectivity index (χ2n) is 6.36. The molecule has 1 aromatic carbocycles. The van der Waals surface area contributed by atoms with Gasteiger partial charge >= 0.3 is 0 Å². The SMILES string of the molecule is COc1ccc(Cc2c(C)nc(NCC3CCCO3)[nH]c2=O)cc1OC. The lowest BCUT2D eigenvalue weighted by atomic mass is 10.0. The molecule has 0 radical (unpaired) electrons. The van der Waals surface area contributed by atoms with Crippen molar-refractivity contribution in [2.45, 2.75) is 32.3 Å². The van der Waals surface area contributed by atoms with E-state index >= 15 is 0 Å². The number of aryl methyl sites for hydroxylation is 1. The van der Waals surface area contributed by atoms with Crippen LogP contribution in [0.2, 0.25) is 0 Å². The van der Waals surface area contributed by atoms with Gasteiger partial charge in [-0.25, -0.2) is 4.98 Å². The number of rotatable bonds is 7. The molecule has 1 saturated heterocycles. The largest absolute Gasteiger partial charge is 0.493 e. The average molecular weight is 359 g/mol. The molecule has 140 valence electrons. The molecule has 1 fully saturated rings. The average Bonchev–Trinajstić information content (AvgIpc) is 3.16. The zero-order valence-corrected chi connectivity index (χ0v) is 15.4. The van der Waals surface area contributed by atoms with Crippen molar-refractivity contribution in [1.29, 1.82) is 0 Å². The summed E-state index contributed by atoms with van der Waals surface area (Å²) in [6, 6.07) is 5.63. The van der Waals surface area contributed by atoms with Crippen LogP contribution in [-0.2, 0) is 11.2 Å². The third-order valence-electron chi connectivity index (χ3n) is 4.57. The highest BCUT2D eigenvalue weighted by Gasteiger charge is 2.16. The van der Waals surface area contributed by atoms with E-state index in [1.54, 1.807) is 14.2 Å². The normalized spacial score (nSPS) is 16.5. The smallest absolute Gasteiger partial charge is 0.256 e. The Bertz CT molecular complexity index is 813. The minimum atomic E-state index is -0.137. The van der Waals surface area contributed by atoms with Gasteiger partial charge in [0.25, 0.3) is 5.56 Å². The predicted octanol–water partition coefficient (Wildman–Crippen LogP) is 2.28. The molecule has 1 aliphatic heterocycles. The molecule has 2 heterocycles. The van der Waals surface area contributed by atoms with Crippen LogP contribution in [0.1, 0.15) is 29.7 Å². The van der Waals surface area contributed by atoms with E-state index in [1.807, 2.05) is 25.1 Å². The summed E-state index contributed by atoms with van der Waals surface area (Å²) >= 11 is 0. The van der Waals surface area contributed by atoms with Crippen LogP contribution in [0, 0.1) is 6.92 Å². The van der Waals surface area contributed by atoms with Crippen LogP contribution >= 0.6 is 0 Å². The van der Waals surface area contributed by atoms with Gasteiger partial charge in [0.15, 0.2) is 11.5 Å². The lowest BCUT2D eigenvalue weighted by Gasteiger charge is -2.13. The fourth-order valence-electron chi connectivity index (χ4n) is 3.11. The third-order valence-corrected chi connectivity index (χ3v) is 4.57. The van der Waals surface area contributed by atoms with Gasteiger partial charge in [-0.05, 0) is 37.5 Å². The molecule has 0 bridgehead atoms. The highest BCUT2D eigenvalue weighted by Crippen LogP contribution is 2.28. The van der Waals surface area contributed by atoms with Gasteiger partial charge in [0.1, 0.15) is 0 Å². The molecule has 2 N–H and O–H groups in total. The molecule has 0 amide bonds. The Morgan fingerprint density at radius 2 is 2.12 bits per heavy atom. The van der Waals surface area contributed by atoms with E-state index in [4.69, 9.17) is 14.2 Å². The quantitative estimate of drug-likeness (QED) is 0.789. The van der Waals surface area contributed by atoms with Crippen molar-refractivity contribution >= 4 is 5.95 Å².